The van der Waals surface area contributed by atoms with Gasteiger partial charge in [-0.2, -0.15) is 0 Å². The molecule has 0 fully saturated rings. The number of hydrogen-bond donors (Lipinski definition) is 1. The summed E-state index contributed by atoms with van der Waals surface area (Å²) >= 11 is 0. The summed E-state index contributed by atoms with van der Waals surface area (Å²) in [6, 6.07) is 8.58. The van der Waals surface area contributed by atoms with Gasteiger partial charge in [0.15, 0.2) is 0 Å². The van der Waals surface area contributed by atoms with Crippen molar-refractivity contribution in [3.05, 3.63) is 42.0 Å². The topological polar surface area (TPSA) is 15.3 Å². The van der Waals surface area contributed by atoms with Gasteiger partial charge in [0.25, 0.3) is 0 Å². The van der Waals surface area contributed by atoms with Gasteiger partial charge in [0.05, 0.1) is 0 Å². The number of benzene rings is 1. The van der Waals surface area contributed by atoms with Crippen LogP contribution in [-0.4, -0.2) is 20.1 Å². The van der Waals surface area contributed by atoms with Crippen molar-refractivity contribution in [2.75, 3.05) is 25.0 Å². The first-order valence-corrected chi connectivity index (χ1v) is 5.04. The van der Waals surface area contributed by atoms with Gasteiger partial charge < -0.3 is 10.2 Å². The van der Waals surface area contributed by atoms with E-state index in [4.69, 9.17) is 0 Å². The summed E-state index contributed by atoms with van der Waals surface area (Å²) in [4.78, 5) is 2.38. The SMILES string of the molecule is CNCc1ccccc1N1CC=CC1. The number of nitrogens with zero attached hydrogens (tertiary/aromatic N) is 1. The second kappa shape index (κ2) is 4.29. The van der Waals surface area contributed by atoms with Gasteiger partial charge in [0.2, 0.25) is 0 Å². The molecule has 0 unspecified atom stereocenters. The Morgan fingerprint density at radius 2 is 1.93 bits per heavy atom. The lowest BCUT2D eigenvalue weighted by molar-refractivity contribution is 0.810. The average molecular weight is 188 g/mol. The van der Waals surface area contributed by atoms with Gasteiger partial charge in [-0.05, 0) is 18.7 Å². The molecule has 1 N–H and O–H groups in total. The van der Waals surface area contributed by atoms with Crippen LogP contribution in [0.25, 0.3) is 0 Å². The molecule has 0 aliphatic carbocycles. The molecule has 2 heteroatoms. The molecule has 2 nitrogen and oxygen atoms in total. The maximum Gasteiger partial charge on any atom is 0.0417 e. The lowest BCUT2D eigenvalue weighted by atomic mass is 10.1. The Morgan fingerprint density at radius 3 is 2.64 bits per heavy atom. The average Bonchev–Trinajstić information content (AvgIpc) is 2.72. The van der Waals surface area contributed by atoms with Crippen molar-refractivity contribution in [2.24, 2.45) is 0 Å². The zero-order valence-electron chi connectivity index (χ0n) is 8.53. The fourth-order valence-corrected chi connectivity index (χ4v) is 1.83. The smallest absolute Gasteiger partial charge is 0.0417 e. The highest BCUT2D eigenvalue weighted by Gasteiger charge is 2.10. The van der Waals surface area contributed by atoms with Crippen molar-refractivity contribution in [2.45, 2.75) is 6.54 Å². The number of hydrogen-bond acceptors (Lipinski definition) is 2. The zero-order valence-corrected chi connectivity index (χ0v) is 8.53. The standard InChI is InChI=1S/C12H16N2/c1-13-10-11-6-2-3-7-12(11)14-8-4-5-9-14/h2-7,13H,8-10H2,1H3. The third-order valence-electron chi connectivity index (χ3n) is 2.52. The van der Waals surface area contributed by atoms with Crippen LogP contribution in [0.4, 0.5) is 5.69 Å². The Balaban J connectivity index is 2.22. The first-order valence-electron chi connectivity index (χ1n) is 5.04. The third-order valence-corrected chi connectivity index (χ3v) is 2.52. The molecular formula is C12H16N2. The van der Waals surface area contributed by atoms with E-state index in [1.807, 2.05) is 7.05 Å². The number of anilines is 1. The Kier molecular flexibility index (Phi) is 2.84. The van der Waals surface area contributed by atoms with E-state index in [0.717, 1.165) is 19.6 Å². The van der Waals surface area contributed by atoms with E-state index in [2.05, 4.69) is 46.6 Å². The molecule has 0 spiro atoms. The fourth-order valence-electron chi connectivity index (χ4n) is 1.83. The molecule has 0 atom stereocenters. The monoisotopic (exact) mass is 188 g/mol. The predicted octanol–water partition coefficient (Wildman–Crippen LogP) is 1.78. The molecule has 1 aliphatic rings. The number of para-hydroxylation sites is 1. The summed E-state index contributed by atoms with van der Waals surface area (Å²) in [6.07, 6.45) is 4.44. The minimum atomic E-state index is 0.937. The molecule has 1 aromatic rings. The number of rotatable bonds is 3. The molecule has 0 bridgehead atoms. The predicted molar refractivity (Wildman–Crippen MR) is 60.6 cm³/mol. The molecule has 74 valence electrons. The van der Waals surface area contributed by atoms with Crippen LogP contribution in [0.3, 0.4) is 0 Å². The minimum Gasteiger partial charge on any atom is -0.364 e. The maximum absolute atomic E-state index is 3.20. The second-order valence-electron chi connectivity index (χ2n) is 3.54. The Labute approximate surface area is 85.2 Å². The molecule has 14 heavy (non-hydrogen) atoms. The summed E-state index contributed by atoms with van der Waals surface area (Å²) in [5, 5.41) is 3.20. The fraction of sp³-hybridized carbons (Fsp3) is 0.333. The van der Waals surface area contributed by atoms with Gasteiger partial charge in [0.1, 0.15) is 0 Å². The van der Waals surface area contributed by atoms with Crippen LogP contribution in [0.15, 0.2) is 36.4 Å². The molecule has 0 amide bonds. The molecule has 0 saturated heterocycles. The van der Waals surface area contributed by atoms with E-state index in [0.29, 0.717) is 0 Å². The largest absolute Gasteiger partial charge is 0.364 e. The molecule has 1 aliphatic heterocycles. The summed E-state index contributed by atoms with van der Waals surface area (Å²) in [7, 11) is 1.99. The van der Waals surface area contributed by atoms with Crippen molar-refractivity contribution in [3.8, 4) is 0 Å². The van der Waals surface area contributed by atoms with Crippen LogP contribution < -0.4 is 10.2 Å². The summed E-state index contributed by atoms with van der Waals surface area (Å²) < 4.78 is 0. The highest BCUT2D eigenvalue weighted by molar-refractivity contribution is 5.55. The molecule has 0 radical (unpaired) electrons. The quantitative estimate of drug-likeness (QED) is 0.727. The van der Waals surface area contributed by atoms with Gasteiger partial charge in [-0.15, -0.1) is 0 Å². The van der Waals surface area contributed by atoms with Gasteiger partial charge in [-0.25, -0.2) is 0 Å². The number of nitrogens with one attached hydrogen (secondary N) is 1. The molecule has 1 aromatic carbocycles. The van der Waals surface area contributed by atoms with E-state index in [1.165, 1.54) is 11.3 Å². The highest BCUT2D eigenvalue weighted by atomic mass is 15.1. The summed E-state index contributed by atoms with van der Waals surface area (Å²) in [5.74, 6) is 0. The van der Waals surface area contributed by atoms with Crippen LogP contribution in [0.2, 0.25) is 0 Å². The van der Waals surface area contributed by atoms with Crippen molar-refractivity contribution in [1.29, 1.82) is 0 Å². The minimum absolute atomic E-state index is 0.937. The lowest BCUT2D eigenvalue weighted by Gasteiger charge is -2.21. The van der Waals surface area contributed by atoms with Crippen molar-refractivity contribution >= 4 is 5.69 Å². The van der Waals surface area contributed by atoms with Gasteiger partial charge in [-0.3, -0.25) is 0 Å². The highest BCUT2D eigenvalue weighted by Crippen LogP contribution is 2.21. The van der Waals surface area contributed by atoms with E-state index in [1.54, 1.807) is 0 Å². The molecule has 1 heterocycles. The zero-order chi connectivity index (χ0) is 9.80. The van der Waals surface area contributed by atoms with Gasteiger partial charge in [-0.1, -0.05) is 30.4 Å². The van der Waals surface area contributed by atoms with E-state index in [-0.39, 0.29) is 0 Å². The van der Waals surface area contributed by atoms with Crippen LogP contribution >= 0.6 is 0 Å². The first-order chi connectivity index (χ1) is 6.92. The summed E-state index contributed by atoms with van der Waals surface area (Å²) in [5.41, 5.74) is 2.73. The Bertz CT molecular complexity index is 323. The molecule has 0 aromatic heterocycles. The Morgan fingerprint density at radius 1 is 1.21 bits per heavy atom. The van der Waals surface area contributed by atoms with Gasteiger partial charge in [0, 0.05) is 25.3 Å². The Hall–Kier alpha value is -1.28. The molecular weight excluding hydrogens is 172 g/mol. The van der Waals surface area contributed by atoms with Gasteiger partial charge >= 0.3 is 0 Å². The van der Waals surface area contributed by atoms with Crippen LogP contribution in [0.1, 0.15) is 5.56 Å². The lowest BCUT2D eigenvalue weighted by Crippen LogP contribution is -2.21. The first kappa shape index (κ1) is 9.28. The van der Waals surface area contributed by atoms with Crippen LogP contribution in [0.5, 0.6) is 0 Å². The second-order valence-corrected chi connectivity index (χ2v) is 3.54. The maximum atomic E-state index is 3.20. The molecule has 2 rings (SSSR count). The third kappa shape index (κ3) is 1.80. The van der Waals surface area contributed by atoms with E-state index in [9.17, 15) is 0 Å². The van der Waals surface area contributed by atoms with E-state index >= 15 is 0 Å². The van der Waals surface area contributed by atoms with Crippen molar-refractivity contribution < 1.29 is 0 Å². The normalized spacial score (nSPS) is 15.1. The summed E-state index contributed by atoms with van der Waals surface area (Å²) in [6.45, 7) is 3.02. The molecule has 0 saturated carbocycles. The van der Waals surface area contributed by atoms with Crippen LogP contribution in [0, 0.1) is 0 Å². The van der Waals surface area contributed by atoms with Crippen LogP contribution in [-0.2, 0) is 6.54 Å². The van der Waals surface area contributed by atoms with Crippen molar-refractivity contribution in [3.63, 3.8) is 0 Å². The van der Waals surface area contributed by atoms with E-state index < -0.39 is 0 Å². The van der Waals surface area contributed by atoms with Crippen molar-refractivity contribution in [1.82, 2.24) is 5.32 Å².